The van der Waals surface area contributed by atoms with Gasteiger partial charge >= 0.3 is 0 Å². The molecule has 6 heteroatoms. The molecule has 2 aromatic rings. The van der Waals surface area contributed by atoms with Crippen molar-refractivity contribution in [3.8, 4) is 0 Å². The predicted molar refractivity (Wildman–Crippen MR) is 75.9 cm³/mol. The van der Waals surface area contributed by atoms with Gasteiger partial charge in [-0.15, -0.1) is 10.2 Å². The molecule has 1 saturated heterocycles. The van der Waals surface area contributed by atoms with Crippen LogP contribution in [0.4, 0.5) is 0 Å². The first-order valence-corrected chi connectivity index (χ1v) is 6.97. The van der Waals surface area contributed by atoms with E-state index >= 15 is 0 Å². The van der Waals surface area contributed by atoms with Gasteiger partial charge in [0.25, 0.3) is 0 Å². The van der Waals surface area contributed by atoms with Crippen LogP contribution in [0.25, 0.3) is 0 Å². The van der Waals surface area contributed by atoms with Crippen molar-refractivity contribution in [1.29, 1.82) is 0 Å². The average Bonchev–Trinajstić information content (AvgIpc) is 2.85. The van der Waals surface area contributed by atoms with E-state index in [1.165, 1.54) is 10.4 Å². The third-order valence-corrected chi connectivity index (χ3v) is 3.69. The van der Waals surface area contributed by atoms with E-state index in [0.29, 0.717) is 12.1 Å². The average molecular weight is 272 g/mol. The summed E-state index contributed by atoms with van der Waals surface area (Å²) in [5.41, 5.74) is 1.33. The molecular formula is C14H20N6. The Balaban J connectivity index is 1.80. The summed E-state index contributed by atoms with van der Waals surface area (Å²) in [6.45, 7) is 4.88. The Bertz CT molecular complexity index is 552. The van der Waals surface area contributed by atoms with Crippen LogP contribution in [0.1, 0.15) is 24.4 Å². The second-order valence-electron chi connectivity index (χ2n) is 5.36. The van der Waals surface area contributed by atoms with Crippen LogP contribution in [0.2, 0.25) is 0 Å². The Morgan fingerprint density at radius 1 is 1.30 bits per heavy atom. The minimum atomic E-state index is 0.358. The first-order valence-electron chi connectivity index (χ1n) is 6.97. The molecule has 6 nitrogen and oxygen atoms in total. The predicted octanol–water partition coefficient (Wildman–Crippen LogP) is 0.745. The summed E-state index contributed by atoms with van der Waals surface area (Å²) in [4.78, 5) is 3.94. The summed E-state index contributed by atoms with van der Waals surface area (Å²) < 4.78 is 0. The van der Waals surface area contributed by atoms with Gasteiger partial charge in [0.2, 0.25) is 0 Å². The number of nitrogens with one attached hydrogen (secondary N) is 1. The van der Waals surface area contributed by atoms with Crippen molar-refractivity contribution in [2.24, 2.45) is 7.05 Å². The lowest BCUT2D eigenvalue weighted by Crippen LogP contribution is -2.50. The molecule has 2 heterocycles. The van der Waals surface area contributed by atoms with Crippen molar-refractivity contribution >= 4 is 0 Å². The van der Waals surface area contributed by atoms with Gasteiger partial charge in [0.15, 0.2) is 5.82 Å². The molecular weight excluding hydrogens is 252 g/mol. The fraction of sp³-hybridized carbons (Fsp3) is 0.500. The Morgan fingerprint density at radius 2 is 2.10 bits per heavy atom. The Labute approximate surface area is 118 Å². The number of aryl methyl sites for hydroxylation is 1. The smallest absolute Gasteiger partial charge is 0.188 e. The summed E-state index contributed by atoms with van der Waals surface area (Å²) in [6.07, 6.45) is 0. The fourth-order valence-electron chi connectivity index (χ4n) is 2.73. The van der Waals surface area contributed by atoms with Crippen LogP contribution in [0.5, 0.6) is 0 Å². The number of hydrogen-bond donors (Lipinski definition) is 1. The maximum Gasteiger partial charge on any atom is 0.188 e. The minimum Gasteiger partial charge on any atom is -0.311 e. The van der Waals surface area contributed by atoms with Crippen LogP contribution in [0.3, 0.4) is 0 Å². The third-order valence-electron chi connectivity index (χ3n) is 3.69. The second kappa shape index (κ2) is 5.68. The highest BCUT2D eigenvalue weighted by Crippen LogP contribution is 2.24. The lowest BCUT2D eigenvalue weighted by Gasteiger charge is -2.39. The van der Waals surface area contributed by atoms with Crippen molar-refractivity contribution < 1.29 is 0 Å². The lowest BCUT2D eigenvalue weighted by atomic mass is 10.0. The summed E-state index contributed by atoms with van der Waals surface area (Å²) >= 11 is 0. The Kier molecular flexibility index (Phi) is 3.75. The molecule has 106 valence electrons. The summed E-state index contributed by atoms with van der Waals surface area (Å²) in [5, 5.41) is 15.9. The number of piperazine rings is 1. The quantitative estimate of drug-likeness (QED) is 0.893. The van der Waals surface area contributed by atoms with Crippen LogP contribution in [0.15, 0.2) is 30.3 Å². The third kappa shape index (κ3) is 2.86. The molecule has 1 aromatic heterocycles. The monoisotopic (exact) mass is 272 g/mol. The van der Waals surface area contributed by atoms with Gasteiger partial charge in [0, 0.05) is 25.2 Å². The van der Waals surface area contributed by atoms with E-state index in [1.807, 2.05) is 0 Å². The van der Waals surface area contributed by atoms with Crippen LogP contribution in [-0.2, 0) is 13.6 Å². The zero-order valence-corrected chi connectivity index (χ0v) is 11.9. The Hall–Kier alpha value is -1.79. The normalized spacial score (nSPS) is 23.9. The van der Waals surface area contributed by atoms with Crippen LogP contribution >= 0.6 is 0 Å². The van der Waals surface area contributed by atoms with Crippen molar-refractivity contribution in [1.82, 2.24) is 30.4 Å². The molecule has 0 amide bonds. The van der Waals surface area contributed by atoms with E-state index in [4.69, 9.17) is 0 Å². The van der Waals surface area contributed by atoms with Gasteiger partial charge in [-0.1, -0.05) is 30.3 Å². The van der Waals surface area contributed by atoms with Crippen LogP contribution < -0.4 is 5.32 Å². The van der Waals surface area contributed by atoms with Crippen molar-refractivity contribution in [2.45, 2.75) is 25.6 Å². The molecule has 3 rings (SSSR count). The van der Waals surface area contributed by atoms with Crippen molar-refractivity contribution in [3.63, 3.8) is 0 Å². The fourth-order valence-corrected chi connectivity index (χ4v) is 2.73. The highest BCUT2D eigenvalue weighted by atomic mass is 15.6. The van der Waals surface area contributed by atoms with E-state index in [1.54, 1.807) is 7.05 Å². The van der Waals surface area contributed by atoms with Gasteiger partial charge < -0.3 is 5.32 Å². The topological polar surface area (TPSA) is 58.9 Å². The molecule has 1 aliphatic heterocycles. The number of hydrogen-bond acceptors (Lipinski definition) is 5. The van der Waals surface area contributed by atoms with Gasteiger partial charge in [-0.25, -0.2) is 0 Å². The summed E-state index contributed by atoms with van der Waals surface area (Å²) in [7, 11) is 1.80. The number of rotatable bonds is 3. The molecule has 0 radical (unpaired) electrons. The molecule has 2 atom stereocenters. The molecule has 20 heavy (non-hydrogen) atoms. The highest BCUT2D eigenvalue weighted by molar-refractivity contribution is 5.20. The summed E-state index contributed by atoms with van der Waals surface area (Å²) in [5.74, 6) is 0.780. The molecule has 1 aliphatic rings. The standard InChI is InChI=1S/C14H20N6/c1-11-9-20(10-14-16-18-19(2)17-14)13(8-15-11)12-6-4-3-5-7-12/h3-7,11,13,15H,8-10H2,1-2H3. The van der Waals surface area contributed by atoms with Crippen LogP contribution in [0, 0.1) is 0 Å². The maximum absolute atomic E-state index is 4.29. The molecule has 1 fully saturated rings. The first-order chi connectivity index (χ1) is 9.72. The largest absolute Gasteiger partial charge is 0.311 e. The maximum atomic E-state index is 4.29. The molecule has 1 N–H and O–H groups in total. The van der Waals surface area contributed by atoms with Gasteiger partial charge in [0.05, 0.1) is 13.6 Å². The zero-order chi connectivity index (χ0) is 13.9. The number of aromatic nitrogens is 4. The molecule has 0 saturated carbocycles. The summed E-state index contributed by atoms with van der Waals surface area (Å²) in [6, 6.07) is 11.4. The SMILES string of the molecule is CC1CN(Cc2nnn(C)n2)C(c2ccccc2)CN1. The second-order valence-corrected chi connectivity index (χ2v) is 5.36. The zero-order valence-electron chi connectivity index (χ0n) is 11.9. The van der Waals surface area contributed by atoms with E-state index in [-0.39, 0.29) is 0 Å². The van der Waals surface area contributed by atoms with Crippen molar-refractivity contribution in [2.75, 3.05) is 13.1 Å². The molecule has 0 bridgehead atoms. The van der Waals surface area contributed by atoms with E-state index in [0.717, 1.165) is 25.5 Å². The highest BCUT2D eigenvalue weighted by Gasteiger charge is 2.27. The number of benzene rings is 1. The first kappa shape index (κ1) is 13.2. The Morgan fingerprint density at radius 3 is 2.80 bits per heavy atom. The molecule has 0 spiro atoms. The molecule has 0 aliphatic carbocycles. The molecule has 2 unspecified atom stereocenters. The number of nitrogens with zero attached hydrogens (tertiary/aromatic N) is 5. The van der Waals surface area contributed by atoms with E-state index < -0.39 is 0 Å². The van der Waals surface area contributed by atoms with Crippen molar-refractivity contribution in [3.05, 3.63) is 41.7 Å². The minimum absolute atomic E-state index is 0.358. The van der Waals surface area contributed by atoms with Gasteiger partial charge in [-0.05, 0) is 17.7 Å². The molecule has 1 aromatic carbocycles. The van der Waals surface area contributed by atoms with Gasteiger partial charge in [-0.3, -0.25) is 4.90 Å². The van der Waals surface area contributed by atoms with Crippen LogP contribution in [-0.4, -0.2) is 44.2 Å². The lowest BCUT2D eigenvalue weighted by molar-refractivity contribution is 0.124. The number of tetrazole rings is 1. The van der Waals surface area contributed by atoms with E-state index in [9.17, 15) is 0 Å². The van der Waals surface area contributed by atoms with E-state index in [2.05, 4.69) is 62.9 Å². The van der Waals surface area contributed by atoms with Gasteiger partial charge in [0.1, 0.15) is 0 Å². The van der Waals surface area contributed by atoms with Gasteiger partial charge in [-0.2, -0.15) is 4.80 Å².